The van der Waals surface area contributed by atoms with Gasteiger partial charge in [0.2, 0.25) is 0 Å². The molecule has 0 radical (unpaired) electrons. The quantitative estimate of drug-likeness (QED) is 0.156. The second-order valence-corrected chi connectivity index (χ2v) is 15.9. The van der Waals surface area contributed by atoms with Crippen molar-refractivity contribution < 1.29 is 0 Å². The molecule has 0 saturated heterocycles. The minimum Gasteiger partial charge on any atom is -0.309 e. The molecule has 1 aliphatic carbocycles. The monoisotopic (exact) mass is 764 g/mol. The Morgan fingerprint density at radius 1 is 0.300 bits per heavy atom. The third kappa shape index (κ3) is 5.42. The zero-order chi connectivity index (χ0) is 39.6. The molecular weight excluding hydrogens is 725 g/mol. The Hall–Kier alpha value is -7.68. The summed E-state index contributed by atoms with van der Waals surface area (Å²) in [5.41, 5.74) is 9.69. The highest BCUT2D eigenvalue weighted by atomic mass is 15.2. The van der Waals surface area contributed by atoms with Crippen LogP contribution in [-0.4, -0.2) is 0 Å². The Morgan fingerprint density at radius 2 is 0.700 bits per heavy atom. The molecule has 0 N–H and O–H groups in total. The fourth-order valence-corrected chi connectivity index (χ4v) is 9.97. The molecule has 0 saturated carbocycles. The summed E-state index contributed by atoms with van der Waals surface area (Å²) in [7, 11) is 0. The smallest absolute Gasteiger partial charge is 0.0546 e. The molecule has 0 fully saturated rings. The van der Waals surface area contributed by atoms with E-state index in [-0.39, 0.29) is 0 Å². The Balaban J connectivity index is 1.22. The molecule has 60 heavy (non-hydrogen) atoms. The lowest BCUT2D eigenvalue weighted by Gasteiger charge is -2.34. The summed E-state index contributed by atoms with van der Waals surface area (Å²) in [5, 5.41) is 14.7. The summed E-state index contributed by atoms with van der Waals surface area (Å²) < 4.78 is 0. The molecule has 11 aromatic rings. The SMILES string of the molecule is C1=C(N(c2cccc3ccccc23)c2cc3cc(N(c4cccc5ccccc45)c4cccc5ccccc45)c4ccccc4c3c3ccccc23)c2ccccc2CC1. The number of rotatable bonds is 6. The molecule has 2 heteroatoms. The van der Waals surface area contributed by atoms with Gasteiger partial charge in [-0.3, -0.25) is 0 Å². The van der Waals surface area contributed by atoms with E-state index in [1.807, 2.05) is 0 Å². The highest BCUT2D eigenvalue weighted by Crippen LogP contribution is 2.50. The van der Waals surface area contributed by atoms with Gasteiger partial charge in [0, 0.05) is 38.2 Å². The molecule has 0 spiro atoms. The summed E-state index contributed by atoms with van der Waals surface area (Å²) in [5.74, 6) is 0. The van der Waals surface area contributed by atoms with Gasteiger partial charge in [0.15, 0.2) is 0 Å². The maximum atomic E-state index is 2.56. The van der Waals surface area contributed by atoms with Crippen LogP contribution in [-0.2, 0) is 6.42 Å². The van der Waals surface area contributed by atoms with Crippen LogP contribution in [0.15, 0.2) is 218 Å². The lowest BCUT2D eigenvalue weighted by molar-refractivity contribution is 0.968. The van der Waals surface area contributed by atoms with E-state index in [1.54, 1.807) is 0 Å². The number of nitrogens with zero attached hydrogens (tertiary/aromatic N) is 2. The average Bonchev–Trinajstić information content (AvgIpc) is 3.32. The fourth-order valence-electron chi connectivity index (χ4n) is 9.97. The largest absolute Gasteiger partial charge is 0.309 e. The van der Waals surface area contributed by atoms with E-state index in [0.717, 1.165) is 29.9 Å². The topological polar surface area (TPSA) is 6.48 Å². The maximum Gasteiger partial charge on any atom is 0.0546 e. The first-order valence-electron chi connectivity index (χ1n) is 21.0. The summed E-state index contributed by atoms with van der Waals surface area (Å²) in [6.45, 7) is 0. The first-order valence-corrected chi connectivity index (χ1v) is 21.0. The molecule has 11 aromatic carbocycles. The third-order valence-corrected chi connectivity index (χ3v) is 12.6. The van der Waals surface area contributed by atoms with Crippen LogP contribution in [0.2, 0.25) is 0 Å². The van der Waals surface area contributed by atoms with Crippen molar-refractivity contribution in [2.45, 2.75) is 12.8 Å². The van der Waals surface area contributed by atoms with Crippen LogP contribution in [0.3, 0.4) is 0 Å². The Kier molecular flexibility index (Phi) is 8.02. The number of aryl methyl sites for hydroxylation is 1. The molecule has 0 amide bonds. The second kappa shape index (κ2) is 14.0. The zero-order valence-corrected chi connectivity index (χ0v) is 33.1. The normalized spacial score (nSPS) is 12.6. The van der Waals surface area contributed by atoms with Crippen LogP contribution in [0.25, 0.3) is 70.3 Å². The first-order chi connectivity index (χ1) is 29.8. The molecule has 0 aromatic heterocycles. The number of anilines is 5. The van der Waals surface area contributed by atoms with Gasteiger partial charge < -0.3 is 9.80 Å². The van der Waals surface area contributed by atoms with Crippen molar-refractivity contribution in [3.63, 3.8) is 0 Å². The van der Waals surface area contributed by atoms with Crippen molar-refractivity contribution in [3.05, 3.63) is 230 Å². The lowest BCUT2D eigenvalue weighted by Crippen LogP contribution is -2.19. The molecule has 0 aliphatic heterocycles. The van der Waals surface area contributed by atoms with E-state index in [9.17, 15) is 0 Å². The van der Waals surface area contributed by atoms with E-state index in [1.165, 1.54) is 92.8 Å². The Bertz CT molecular complexity index is 3430. The van der Waals surface area contributed by atoms with Gasteiger partial charge in [0.05, 0.1) is 28.4 Å². The van der Waals surface area contributed by atoms with Crippen molar-refractivity contribution in [2.24, 2.45) is 0 Å². The molecule has 0 unspecified atom stereocenters. The minimum absolute atomic E-state index is 0.985. The molecule has 0 heterocycles. The standard InChI is InChI=1S/C58H40N2/c1-5-25-44-39(17-1)21-13-33-52(44)59(53-34-14-22-40-18-2-6-26-45(40)53)56-37-43-38-57(49-30-10-12-32-51(49)58(43)50-31-11-9-29-48(50)56)60(54-35-15-23-41-19-3-7-27-46(41)54)55-36-16-24-42-20-4-8-28-47(42)55/h1-15,17-23,25-38H,16,24H2. The van der Waals surface area contributed by atoms with Gasteiger partial charge in [-0.05, 0) is 86.4 Å². The Morgan fingerprint density at radius 3 is 1.23 bits per heavy atom. The average molecular weight is 765 g/mol. The van der Waals surface area contributed by atoms with Crippen molar-refractivity contribution in [1.82, 2.24) is 0 Å². The van der Waals surface area contributed by atoms with Gasteiger partial charge >= 0.3 is 0 Å². The first kappa shape index (κ1) is 34.4. The number of hydrogen-bond donors (Lipinski definition) is 0. The number of hydrogen-bond acceptors (Lipinski definition) is 2. The summed E-state index contributed by atoms with van der Waals surface area (Å²) >= 11 is 0. The summed E-state index contributed by atoms with van der Waals surface area (Å²) in [4.78, 5) is 5.08. The van der Waals surface area contributed by atoms with Crippen LogP contribution in [0.1, 0.15) is 17.5 Å². The molecule has 1 aliphatic rings. The third-order valence-electron chi connectivity index (χ3n) is 12.6. The van der Waals surface area contributed by atoms with Gasteiger partial charge in [-0.2, -0.15) is 0 Å². The maximum absolute atomic E-state index is 2.56. The summed E-state index contributed by atoms with van der Waals surface area (Å²) in [6, 6.07) is 78.4. The van der Waals surface area contributed by atoms with Gasteiger partial charge in [-0.25, -0.2) is 0 Å². The molecule has 0 bridgehead atoms. The van der Waals surface area contributed by atoms with Gasteiger partial charge in [0.25, 0.3) is 0 Å². The predicted octanol–water partition coefficient (Wildman–Crippen LogP) is 16.2. The molecule has 12 rings (SSSR count). The second-order valence-electron chi connectivity index (χ2n) is 15.9. The van der Waals surface area contributed by atoms with Crippen molar-refractivity contribution in [1.29, 1.82) is 0 Å². The van der Waals surface area contributed by atoms with Gasteiger partial charge in [-0.1, -0.05) is 188 Å². The highest BCUT2D eigenvalue weighted by Gasteiger charge is 2.27. The van der Waals surface area contributed by atoms with Crippen LogP contribution in [0, 0.1) is 0 Å². The highest BCUT2D eigenvalue weighted by molar-refractivity contribution is 6.27. The molecule has 2 nitrogen and oxygen atoms in total. The molecule has 0 atom stereocenters. The van der Waals surface area contributed by atoms with E-state index in [2.05, 4.69) is 228 Å². The number of benzene rings is 11. The predicted molar refractivity (Wildman–Crippen MR) is 257 cm³/mol. The van der Waals surface area contributed by atoms with Gasteiger partial charge in [-0.15, -0.1) is 0 Å². The van der Waals surface area contributed by atoms with Crippen LogP contribution in [0.4, 0.5) is 28.4 Å². The Labute approximate surface area is 349 Å². The fraction of sp³-hybridized carbons (Fsp3) is 0.0345. The van der Waals surface area contributed by atoms with Crippen LogP contribution in [0.5, 0.6) is 0 Å². The minimum atomic E-state index is 0.985. The van der Waals surface area contributed by atoms with Crippen molar-refractivity contribution >= 4 is 98.8 Å². The number of fused-ring (bicyclic) bond motifs is 9. The van der Waals surface area contributed by atoms with E-state index in [0.29, 0.717) is 0 Å². The van der Waals surface area contributed by atoms with E-state index >= 15 is 0 Å². The molecular formula is C58H40N2. The van der Waals surface area contributed by atoms with E-state index < -0.39 is 0 Å². The van der Waals surface area contributed by atoms with Crippen molar-refractivity contribution in [2.75, 3.05) is 9.80 Å². The lowest BCUT2D eigenvalue weighted by atomic mass is 9.90. The van der Waals surface area contributed by atoms with Crippen molar-refractivity contribution in [3.8, 4) is 0 Å². The zero-order valence-electron chi connectivity index (χ0n) is 33.1. The van der Waals surface area contributed by atoms with Gasteiger partial charge in [0.1, 0.15) is 0 Å². The van der Waals surface area contributed by atoms with Crippen LogP contribution < -0.4 is 9.80 Å². The molecule has 282 valence electrons. The summed E-state index contributed by atoms with van der Waals surface area (Å²) in [6.07, 6.45) is 4.48. The van der Waals surface area contributed by atoms with E-state index in [4.69, 9.17) is 0 Å². The number of allylic oxidation sites excluding steroid dienone is 1. The van der Waals surface area contributed by atoms with Crippen LogP contribution >= 0.6 is 0 Å².